The van der Waals surface area contributed by atoms with Crippen LogP contribution in [0.5, 0.6) is 0 Å². The average Bonchev–Trinajstić information content (AvgIpc) is 2.54. The molecule has 0 aromatic heterocycles. The number of nitrogens with one attached hydrogen (secondary N) is 1. The van der Waals surface area contributed by atoms with E-state index in [0.29, 0.717) is 10.7 Å². The van der Waals surface area contributed by atoms with Gasteiger partial charge in [0.05, 0.1) is 4.90 Å². The lowest BCUT2D eigenvalue weighted by Gasteiger charge is -2.20. The molecule has 0 aliphatic rings. The molecule has 1 amide bonds. The Bertz CT molecular complexity index is 862. The first-order valence-corrected chi connectivity index (χ1v) is 10.6. The highest BCUT2D eigenvalue weighted by molar-refractivity contribution is 7.92. The zero-order valence-corrected chi connectivity index (χ0v) is 17.0. The molecule has 0 fully saturated rings. The number of anilines is 1. The fourth-order valence-corrected chi connectivity index (χ4v) is 4.03. The molecule has 0 saturated heterocycles. The number of sulfone groups is 1. The Kier molecular flexibility index (Phi) is 6.48. The molecule has 140 valence electrons. The highest BCUT2D eigenvalue weighted by atomic mass is 35.5. The summed E-state index contributed by atoms with van der Waals surface area (Å²) in [7, 11) is -3.73. The van der Waals surface area contributed by atoms with Crippen molar-refractivity contribution in [3.8, 4) is 0 Å². The van der Waals surface area contributed by atoms with Crippen molar-refractivity contribution in [2.24, 2.45) is 0 Å². The Morgan fingerprint density at radius 1 is 0.962 bits per heavy atom. The number of carbonyl (C=O) groups is 1. The maximum atomic E-state index is 12.5. The third kappa shape index (κ3) is 4.86. The van der Waals surface area contributed by atoms with Gasteiger partial charge in [-0.15, -0.1) is 0 Å². The predicted octanol–water partition coefficient (Wildman–Crippen LogP) is 5.00. The van der Waals surface area contributed by atoms with Gasteiger partial charge in [0, 0.05) is 10.7 Å². The summed E-state index contributed by atoms with van der Waals surface area (Å²) in [5.41, 5.74) is 2.70. The largest absolute Gasteiger partial charge is 0.325 e. The molecule has 0 bridgehead atoms. The molecule has 0 aliphatic heterocycles. The number of rotatable bonds is 6. The Morgan fingerprint density at radius 3 is 1.92 bits per heavy atom. The van der Waals surface area contributed by atoms with E-state index in [2.05, 4.69) is 5.32 Å². The van der Waals surface area contributed by atoms with Gasteiger partial charge in [0.25, 0.3) is 0 Å². The summed E-state index contributed by atoms with van der Waals surface area (Å²) < 4.78 is 25.0. The van der Waals surface area contributed by atoms with Crippen molar-refractivity contribution < 1.29 is 13.2 Å². The first kappa shape index (κ1) is 20.5. The number of benzene rings is 2. The van der Waals surface area contributed by atoms with E-state index in [-0.39, 0.29) is 16.7 Å². The second kappa shape index (κ2) is 8.23. The van der Waals surface area contributed by atoms with Crippen molar-refractivity contribution in [1.29, 1.82) is 0 Å². The number of halogens is 1. The van der Waals surface area contributed by atoms with Crippen molar-refractivity contribution in [2.45, 2.75) is 44.4 Å². The van der Waals surface area contributed by atoms with E-state index in [1.54, 1.807) is 0 Å². The lowest BCUT2D eigenvalue weighted by Crippen LogP contribution is -2.24. The summed E-state index contributed by atoms with van der Waals surface area (Å²) in [4.78, 5) is 12.6. The Morgan fingerprint density at radius 2 is 1.46 bits per heavy atom. The molecule has 1 N–H and O–H groups in total. The quantitative estimate of drug-likeness (QED) is 0.751. The molecule has 0 atom stereocenters. The second-order valence-corrected chi connectivity index (χ2v) is 9.31. The van der Waals surface area contributed by atoms with Crippen molar-refractivity contribution in [3.63, 3.8) is 0 Å². The van der Waals surface area contributed by atoms with Crippen molar-refractivity contribution in [1.82, 2.24) is 0 Å². The number of hydrogen-bond donors (Lipinski definition) is 1. The third-order valence-corrected chi connectivity index (χ3v) is 6.02. The van der Waals surface area contributed by atoms with Crippen LogP contribution in [0.25, 0.3) is 0 Å². The standard InChI is InChI=1S/C20H24ClNO3S/c1-13(2)17-6-5-7-18(14(3)4)20(17)22-19(23)12-26(24,25)16-10-8-15(21)9-11-16/h5-11,13-14H,12H2,1-4H3,(H,22,23). The summed E-state index contributed by atoms with van der Waals surface area (Å²) >= 11 is 5.79. The average molecular weight is 394 g/mol. The van der Waals surface area contributed by atoms with Gasteiger partial charge in [-0.3, -0.25) is 4.79 Å². The van der Waals surface area contributed by atoms with Crippen LogP contribution >= 0.6 is 11.6 Å². The zero-order chi connectivity index (χ0) is 19.5. The van der Waals surface area contributed by atoms with E-state index < -0.39 is 21.5 Å². The maximum Gasteiger partial charge on any atom is 0.239 e. The fourth-order valence-electron chi connectivity index (χ4n) is 2.77. The van der Waals surface area contributed by atoms with Crippen LogP contribution < -0.4 is 5.32 Å². The Labute approximate surface area is 160 Å². The molecular formula is C20H24ClNO3S. The molecule has 0 radical (unpaired) electrons. The van der Waals surface area contributed by atoms with E-state index in [1.165, 1.54) is 24.3 Å². The topological polar surface area (TPSA) is 63.2 Å². The molecule has 0 aliphatic carbocycles. The van der Waals surface area contributed by atoms with E-state index in [0.717, 1.165) is 11.1 Å². The molecule has 2 rings (SSSR count). The summed E-state index contributed by atoms with van der Waals surface area (Å²) in [5.74, 6) is -0.748. The molecule has 2 aromatic carbocycles. The van der Waals surface area contributed by atoms with Gasteiger partial charge < -0.3 is 5.32 Å². The van der Waals surface area contributed by atoms with E-state index in [4.69, 9.17) is 11.6 Å². The minimum Gasteiger partial charge on any atom is -0.325 e. The van der Waals surface area contributed by atoms with Gasteiger partial charge >= 0.3 is 0 Å². The van der Waals surface area contributed by atoms with Crippen LogP contribution in [-0.2, 0) is 14.6 Å². The summed E-state index contributed by atoms with van der Waals surface area (Å²) in [6, 6.07) is 11.7. The number of para-hydroxylation sites is 1. The lowest BCUT2D eigenvalue weighted by atomic mass is 9.92. The smallest absolute Gasteiger partial charge is 0.239 e. The zero-order valence-electron chi connectivity index (χ0n) is 15.4. The predicted molar refractivity (Wildman–Crippen MR) is 107 cm³/mol. The van der Waals surface area contributed by atoms with E-state index in [1.807, 2.05) is 45.9 Å². The Balaban J connectivity index is 2.29. The highest BCUT2D eigenvalue weighted by Crippen LogP contribution is 2.32. The normalized spacial score (nSPS) is 11.8. The van der Waals surface area contributed by atoms with E-state index >= 15 is 0 Å². The van der Waals surface area contributed by atoms with Gasteiger partial charge in [0.2, 0.25) is 5.91 Å². The van der Waals surface area contributed by atoms with Crippen LogP contribution in [0.3, 0.4) is 0 Å². The van der Waals surface area contributed by atoms with Crippen molar-refractivity contribution >= 4 is 33.0 Å². The molecule has 26 heavy (non-hydrogen) atoms. The number of hydrogen-bond acceptors (Lipinski definition) is 3. The maximum absolute atomic E-state index is 12.5. The van der Waals surface area contributed by atoms with Gasteiger partial charge in [-0.05, 0) is 47.2 Å². The summed E-state index contributed by atoms with van der Waals surface area (Å²) in [5, 5.41) is 3.28. The Hall–Kier alpha value is -1.85. The van der Waals surface area contributed by atoms with Gasteiger partial charge in [0.15, 0.2) is 9.84 Å². The summed E-state index contributed by atoms with van der Waals surface area (Å²) in [6.45, 7) is 8.16. The molecule has 4 nitrogen and oxygen atoms in total. The second-order valence-electron chi connectivity index (χ2n) is 6.88. The monoisotopic (exact) mass is 393 g/mol. The fraction of sp³-hybridized carbons (Fsp3) is 0.350. The van der Waals surface area contributed by atoms with Crippen LogP contribution in [0.1, 0.15) is 50.7 Å². The van der Waals surface area contributed by atoms with Crippen LogP contribution in [0.4, 0.5) is 5.69 Å². The van der Waals surface area contributed by atoms with Gasteiger partial charge in [0.1, 0.15) is 5.75 Å². The molecule has 0 spiro atoms. The molecule has 6 heteroatoms. The number of carbonyl (C=O) groups excluding carboxylic acids is 1. The van der Waals surface area contributed by atoms with E-state index in [9.17, 15) is 13.2 Å². The first-order chi connectivity index (χ1) is 12.1. The molecule has 0 unspecified atom stereocenters. The minimum atomic E-state index is -3.73. The van der Waals surface area contributed by atoms with Crippen LogP contribution in [-0.4, -0.2) is 20.1 Å². The minimum absolute atomic E-state index is 0.0817. The highest BCUT2D eigenvalue weighted by Gasteiger charge is 2.22. The van der Waals surface area contributed by atoms with Crippen molar-refractivity contribution in [2.75, 3.05) is 11.1 Å². The lowest BCUT2D eigenvalue weighted by molar-refractivity contribution is -0.113. The third-order valence-electron chi connectivity index (χ3n) is 4.13. The molecule has 2 aromatic rings. The number of amides is 1. The van der Waals surface area contributed by atoms with Gasteiger partial charge in [-0.2, -0.15) is 0 Å². The van der Waals surface area contributed by atoms with Crippen LogP contribution in [0.2, 0.25) is 5.02 Å². The SMILES string of the molecule is CC(C)c1cccc(C(C)C)c1NC(=O)CS(=O)(=O)c1ccc(Cl)cc1. The van der Waals surface area contributed by atoms with Crippen LogP contribution in [0, 0.1) is 0 Å². The molecule has 0 saturated carbocycles. The van der Waals surface area contributed by atoms with Crippen LogP contribution in [0.15, 0.2) is 47.4 Å². The van der Waals surface area contributed by atoms with Crippen molar-refractivity contribution in [3.05, 3.63) is 58.6 Å². The van der Waals surface area contributed by atoms with Gasteiger partial charge in [-0.25, -0.2) is 8.42 Å². The molecular weight excluding hydrogens is 370 g/mol. The van der Waals surface area contributed by atoms with Gasteiger partial charge in [-0.1, -0.05) is 57.5 Å². The first-order valence-electron chi connectivity index (χ1n) is 8.52. The summed E-state index contributed by atoms with van der Waals surface area (Å²) in [6.07, 6.45) is 0. The molecule has 0 heterocycles.